The van der Waals surface area contributed by atoms with Crippen LogP contribution in [0.15, 0.2) is 0 Å². The fourth-order valence-corrected chi connectivity index (χ4v) is 1.47. The first-order chi connectivity index (χ1) is 9.69. The van der Waals surface area contributed by atoms with Gasteiger partial charge in [0.15, 0.2) is 0 Å². The number of Topliss-reactive ketones (excluding diaryl/α,β-unsaturated/α-hetero) is 3. The Morgan fingerprint density at radius 2 is 1.24 bits per heavy atom. The summed E-state index contributed by atoms with van der Waals surface area (Å²) in [4.78, 5) is 42.6. The molecule has 0 aliphatic carbocycles. The molecule has 0 saturated heterocycles. The predicted octanol–water partition coefficient (Wildman–Crippen LogP) is -0.131. The number of hydrogen-bond donors (Lipinski definition) is 2. The molecule has 2 N–H and O–H groups in total. The lowest BCUT2D eigenvalue weighted by atomic mass is 10.1. The van der Waals surface area contributed by atoms with E-state index in [0.29, 0.717) is 6.42 Å². The standard InChI is InChI=1S/C7H13NO3.C7H13NO2/c1-5(9)4-6(8-2)7(10)11-3;1-5(9)4-7(8-3)6(2)10/h6,8H,4H2,1-3H3;7-8H,4H2,1-3H3. The van der Waals surface area contributed by atoms with Gasteiger partial charge in [-0.25, -0.2) is 0 Å². The van der Waals surface area contributed by atoms with Gasteiger partial charge in [0.25, 0.3) is 0 Å². The summed E-state index contributed by atoms with van der Waals surface area (Å²) >= 11 is 0. The molecule has 0 aliphatic rings. The largest absolute Gasteiger partial charge is 0.468 e. The average molecular weight is 302 g/mol. The summed E-state index contributed by atoms with van der Waals surface area (Å²) < 4.78 is 4.45. The second-order valence-electron chi connectivity index (χ2n) is 4.63. The normalized spacial score (nSPS) is 12.5. The Kier molecular flexibility index (Phi) is 12.6. The van der Waals surface area contributed by atoms with Gasteiger partial charge in [0.2, 0.25) is 0 Å². The van der Waals surface area contributed by atoms with Crippen molar-refractivity contribution in [1.29, 1.82) is 0 Å². The molecule has 0 aliphatic heterocycles. The zero-order valence-corrected chi connectivity index (χ0v) is 13.6. The Balaban J connectivity index is 0. The van der Waals surface area contributed by atoms with E-state index in [4.69, 9.17) is 0 Å². The highest BCUT2D eigenvalue weighted by Gasteiger charge is 2.17. The fourth-order valence-electron chi connectivity index (χ4n) is 1.47. The summed E-state index contributed by atoms with van der Waals surface area (Å²) in [7, 11) is 4.59. The van der Waals surface area contributed by atoms with Gasteiger partial charge in [-0.05, 0) is 34.9 Å². The number of carbonyl (C=O) groups is 4. The number of esters is 1. The van der Waals surface area contributed by atoms with Gasteiger partial charge in [0.1, 0.15) is 23.4 Å². The smallest absolute Gasteiger partial charge is 0.323 e. The van der Waals surface area contributed by atoms with Gasteiger partial charge in [-0.1, -0.05) is 0 Å². The summed E-state index contributed by atoms with van der Waals surface area (Å²) in [6.07, 6.45) is 0.481. The van der Waals surface area contributed by atoms with E-state index in [-0.39, 0.29) is 29.8 Å². The van der Waals surface area contributed by atoms with Crippen LogP contribution in [0.2, 0.25) is 0 Å². The minimum absolute atomic E-state index is 0.0118. The molecule has 0 spiro atoms. The molecule has 0 aromatic rings. The fraction of sp³-hybridized carbons (Fsp3) is 0.714. The van der Waals surface area contributed by atoms with Crippen molar-refractivity contribution in [1.82, 2.24) is 10.6 Å². The molecule has 7 heteroatoms. The molecule has 21 heavy (non-hydrogen) atoms. The van der Waals surface area contributed by atoms with Crippen molar-refractivity contribution in [2.75, 3.05) is 21.2 Å². The van der Waals surface area contributed by atoms with Gasteiger partial charge in [0.05, 0.1) is 13.2 Å². The molecule has 2 unspecified atom stereocenters. The highest BCUT2D eigenvalue weighted by molar-refractivity contribution is 5.88. The van der Waals surface area contributed by atoms with Crippen LogP contribution in [0.4, 0.5) is 0 Å². The second-order valence-corrected chi connectivity index (χ2v) is 4.63. The van der Waals surface area contributed by atoms with Crippen LogP contribution in [0.1, 0.15) is 33.6 Å². The van der Waals surface area contributed by atoms with Gasteiger partial charge < -0.3 is 15.4 Å². The number of ether oxygens (including phenoxy) is 1. The number of hydrogen-bond acceptors (Lipinski definition) is 7. The monoisotopic (exact) mass is 302 g/mol. The third kappa shape index (κ3) is 11.9. The summed E-state index contributed by atoms with van der Waals surface area (Å²) in [5.41, 5.74) is 0. The van der Waals surface area contributed by atoms with Crippen LogP contribution in [-0.4, -0.2) is 56.6 Å². The number of methoxy groups -OCH3 is 1. The summed E-state index contributed by atoms with van der Waals surface area (Å²) in [6, 6.07) is -0.796. The van der Waals surface area contributed by atoms with Crippen molar-refractivity contribution in [2.24, 2.45) is 0 Å². The molecule has 7 nitrogen and oxygen atoms in total. The minimum Gasteiger partial charge on any atom is -0.468 e. The van der Waals surface area contributed by atoms with Crippen molar-refractivity contribution in [2.45, 2.75) is 45.7 Å². The zero-order valence-electron chi connectivity index (χ0n) is 13.6. The van der Waals surface area contributed by atoms with E-state index in [9.17, 15) is 19.2 Å². The maximum atomic E-state index is 10.8. The highest BCUT2D eigenvalue weighted by Crippen LogP contribution is 1.94. The molecule has 0 heterocycles. The van der Waals surface area contributed by atoms with E-state index in [1.807, 2.05) is 0 Å². The Morgan fingerprint density at radius 1 is 0.857 bits per heavy atom. The maximum Gasteiger partial charge on any atom is 0.323 e. The number of nitrogens with one attached hydrogen (secondary N) is 2. The summed E-state index contributed by atoms with van der Waals surface area (Å²) in [5.74, 6) is -0.385. The molecule has 0 rings (SSSR count). The Labute approximate surface area is 125 Å². The predicted molar refractivity (Wildman–Crippen MR) is 79.0 cm³/mol. The van der Waals surface area contributed by atoms with Crippen LogP contribution in [0, 0.1) is 0 Å². The Bertz CT molecular complexity index is 368. The Hall–Kier alpha value is -1.60. The van der Waals surface area contributed by atoms with Gasteiger partial charge in [0, 0.05) is 12.8 Å². The van der Waals surface area contributed by atoms with E-state index >= 15 is 0 Å². The van der Waals surface area contributed by atoms with Crippen molar-refractivity contribution >= 4 is 23.3 Å². The van der Waals surface area contributed by atoms with Gasteiger partial charge in [-0.15, -0.1) is 0 Å². The lowest BCUT2D eigenvalue weighted by Crippen LogP contribution is -2.36. The van der Waals surface area contributed by atoms with E-state index in [1.54, 1.807) is 14.1 Å². The molecule has 2 atom stereocenters. The van der Waals surface area contributed by atoms with E-state index in [1.165, 1.54) is 27.9 Å². The van der Waals surface area contributed by atoms with Gasteiger partial charge in [-0.3, -0.25) is 19.2 Å². The molecule has 122 valence electrons. The molecule has 0 bridgehead atoms. The first-order valence-electron chi connectivity index (χ1n) is 6.61. The SMILES string of the molecule is CNC(CC(C)=O)C(=O)OC.CNC(CC(C)=O)C(C)=O. The molecule has 0 radical (unpaired) electrons. The summed E-state index contributed by atoms with van der Waals surface area (Å²) in [5, 5.41) is 5.45. The quantitative estimate of drug-likeness (QED) is 0.602. The number of rotatable bonds is 8. The van der Waals surface area contributed by atoms with E-state index < -0.39 is 12.0 Å². The van der Waals surface area contributed by atoms with Crippen LogP contribution in [0.3, 0.4) is 0 Å². The van der Waals surface area contributed by atoms with Crippen molar-refractivity contribution in [3.8, 4) is 0 Å². The average Bonchev–Trinajstić information content (AvgIpc) is 2.41. The molecule has 0 amide bonds. The van der Waals surface area contributed by atoms with Crippen LogP contribution in [-0.2, 0) is 23.9 Å². The van der Waals surface area contributed by atoms with Gasteiger partial charge >= 0.3 is 5.97 Å². The topological polar surface area (TPSA) is 102 Å². The van der Waals surface area contributed by atoms with E-state index in [2.05, 4.69) is 15.4 Å². The van der Waals surface area contributed by atoms with Crippen LogP contribution >= 0.6 is 0 Å². The molecular weight excluding hydrogens is 276 g/mol. The van der Waals surface area contributed by atoms with Crippen LogP contribution in [0.25, 0.3) is 0 Å². The third-order valence-electron chi connectivity index (χ3n) is 2.66. The summed E-state index contributed by atoms with van der Waals surface area (Å²) in [6.45, 7) is 4.39. The lowest BCUT2D eigenvalue weighted by Gasteiger charge is -2.10. The van der Waals surface area contributed by atoms with E-state index in [0.717, 1.165) is 0 Å². The van der Waals surface area contributed by atoms with Crippen molar-refractivity contribution in [3.63, 3.8) is 0 Å². The maximum absolute atomic E-state index is 10.8. The molecule has 0 aromatic heterocycles. The first-order valence-corrected chi connectivity index (χ1v) is 6.61. The number of carbonyl (C=O) groups excluding carboxylic acids is 4. The van der Waals surface area contributed by atoms with Crippen LogP contribution in [0.5, 0.6) is 0 Å². The van der Waals surface area contributed by atoms with Crippen LogP contribution < -0.4 is 10.6 Å². The lowest BCUT2D eigenvalue weighted by molar-refractivity contribution is -0.144. The number of likely N-dealkylation sites (N-methyl/N-ethyl adjacent to an activating group) is 2. The molecule has 0 fully saturated rings. The third-order valence-corrected chi connectivity index (χ3v) is 2.66. The first kappa shape index (κ1) is 21.7. The Morgan fingerprint density at radius 3 is 1.43 bits per heavy atom. The van der Waals surface area contributed by atoms with Crippen molar-refractivity contribution < 1.29 is 23.9 Å². The zero-order chi connectivity index (χ0) is 17.0. The minimum atomic E-state index is -0.502. The van der Waals surface area contributed by atoms with Gasteiger partial charge in [-0.2, -0.15) is 0 Å². The van der Waals surface area contributed by atoms with Crippen molar-refractivity contribution in [3.05, 3.63) is 0 Å². The highest BCUT2D eigenvalue weighted by atomic mass is 16.5. The molecule has 0 saturated carbocycles. The number of ketones is 3. The second kappa shape index (κ2) is 12.2. The molecule has 0 aromatic carbocycles. The molecular formula is C14H26N2O5.